The Morgan fingerprint density at radius 3 is 3.16 bits per heavy atom. The first-order chi connectivity index (χ1) is 9.29. The Morgan fingerprint density at radius 1 is 1.53 bits per heavy atom. The first-order valence-corrected chi connectivity index (χ1v) is 7.41. The molecule has 1 atom stereocenters. The van der Waals surface area contributed by atoms with Crippen LogP contribution in [0.3, 0.4) is 0 Å². The normalized spacial score (nSPS) is 18.3. The van der Waals surface area contributed by atoms with Gasteiger partial charge < -0.3 is 9.73 Å². The molecule has 1 aliphatic rings. The fourth-order valence-electron chi connectivity index (χ4n) is 2.57. The molecular weight excluding hydrogens is 306 g/mol. The molecule has 5 heteroatoms. The van der Waals surface area contributed by atoms with Gasteiger partial charge in [-0.1, -0.05) is 6.92 Å². The van der Waals surface area contributed by atoms with Crippen LogP contribution in [-0.4, -0.2) is 16.5 Å². The van der Waals surface area contributed by atoms with Gasteiger partial charge >= 0.3 is 0 Å². The lowest BCUT2D eigenvalue weighted by molar-refractivity contribution is 0.463. The van der Waals surface area contributed by atoms with Crippen LogP contribution in [0.5, 0.6) is 0 Å². The number of furan rings is 1. The third kappa shape index (κ3) is 2.44. The van der Waals surface area contributed by atoms with Gasteiger partial charge in [0, 0.05) is 23.5 Å². The minimum atomic E-state index is 0.392. The molecule has 0 aliphatic heterocycles. The van der Waals surface area contributed by atoms with E-state index in [4.69, 9.17) is 4.42 Å². The van der Waals surface area contributed by atoms with Gasteiger partial charge in [0.25, 0.3) is 0 Å². The Hall–Kier alpha value is -1.20. The monoisotopic (exact) mass is 321 g/mol. The first kappa shape index (κ1) is 12.8. The van der Waals surface area contributed by atoms with E-state index >= 15 is 0 Å². The number of nitrogens with one attached hydrogen (secondary N) is 1. The Labute approximate surface area is 120 Å². The second-order valence-corrected chi connectivity index (χ2v) is 5.55. The summed E-state index contributed by atoms with van der Waals surface area (Å²) in [5.41, 5.74) is 2.38. The fourth-order valence-corrected chi connectivity index (χ4v) is 2.95. The van der Waals surface area contributed by atoms with Crippen molar-refractivity contribution in [1.29, 1.82) is 0 Å². The van der Waals surface area contributed by atoms with E-state index in [9.17, 15) is 0 Å². The van der Waals surface area contributed by atoms with Gasteiger partial charge in [-0.3, -0.25) is 0 Å². The second kappa shape index (κ2) is 5.43. The van der Waals surface area contributed by atoms with Crippen molar-refractivity contribution in [2.24, 2.45) is 0 Å². The number of rotatable bonds is 3. The summed E-state index contributed by atoms with van der Waals surface area (Å²) in [5, 5.41) is 3.49. The van der Waals surface area contributed by atoms with E-state index in [1.165, 1.54) is 12.0 Å². The van der Waals surface area contributed by atoms with Crippen molar-refractivity contribution < 1.29 is 4.42 Å². The van der Waals surface area contributed by atoms with Crippen molar-refractivity contribution in [2.75, 3.05) is 6.54 Å². The summed E-state index contributed by atoms with van der Waals surface area (Å²) < 4.78 is 6.32. The number of aryl methyl sites for hydroxylation is 1. The summed E-state index contributed by atoms with van der Waals surface area (Å²) in [4.78, 5) is 9.13. The van der Waals surface area contributed by atoms with Crippen LogP contribution in [-0.2, 0) is 6.42 Å². The summed E-state index contributed by atoms with van der Waals surface area (Å²) in [6, 6.07) is 2.25. The maximum Gasteiger partial charge on any atom is 0.197 e. The lowest BCUT2D eigenvalue weighted by Gasteiger charge is -2.25. The molecule has 1 aliphatic carbocycles. The standard InChI is InChI=1S/C14H16BrN3O/c1-2-16-11-4-3-5-12-9(11)8-17-14(18-12)13-10(15)6-7-19-13/h6-8,11,16H,2-5H2,1H3. The Bertz CT molecular complexity index is 582. The summed E-state index contributed by atoms with van der Waals surface area (Å²) >= 11 is 3.45. The Balaban J connectivity index is 1.98. The van der Waals surface area contributed by atoms with Gasteiger partial charge in [-0.05, 0) is 47.8 Å². The van der Waals surface area contributed by atoms with Gasteiger partial charge in [0.05, 0.1) is 10.7 Å². The zero-order valence-electron chi connectivity index (χ0n) is 10.8. The van der Waals surface area contributed by atoms with Gasteiger partial charge in [-0.25, -0.2) is 9.97 Å². The minimum absolute atomic E-state index is 0.392. The van der Waals surface area contributed by atoms with E-state index < -0.39 is 0 Å². The molecule has 19 heavy (non-hydrogen) atoms. The molecule has 0 spiro atoms. The van der Waals surface area contributed by atoms with Crippen molar-refractivity contribution in [3.63, 3.8) is 0 Å². The van der Waals surface area contributed by atoms with E-state index in [1.54, 1.807) is 6.26 Å². The molecule has 2 heterocycles. The van der Waals surface area contributed by atoms with Crippen LogP contribution in [0.25, 0.3) is 11.6 Å². The summed E-state index contributed by atoms with van der Waals surface area (Å²) in [6.07, 6.45) is 6.93. The Morgan fingerprint density at radius 2 is 2.42 bits per heavy atom. The SMILES string of the molecule is CCNC1CCCc2nc(-c3occc3Br)ncc21. The van der Waals surface area contributed by atoms with Crippen LogP contribution >= 0.6 is 15.9 Å². The molecular formula is C14H16BrN3O. The van der Waals surface area contributed by atoms with Crippen LogP contribution in [0.1, 0.15) is 37.1 Å². The largest absolute Gasteiger partial charge is 0.460 e. The summed E-state index contributed by atoms with van der Waals surface area (Å²) in [6.45, 7) is 3.10. The van der Waals surface area contributed by atoms with Gasteiger partial charge in [0.2, 0.25) is 0 Å². The van der Waals surface area contributed by atoms with Crippen molar-refractivity contribution in [2.45, 2.75) is 32.2 Å². The molecule has 3 rings (SSSR count). The molecule has 100 valence electrons. The van der Waals surface area contributed by atoms with Gasteiger partial charge in [0.15, 0.2) is 11.6 Å². The highest BCUT2D eigenvalue weighted by molar-refractivity contribution is 9.10. The minimum Gasteiger partial charge on any atom is -0.460 e. The topological polar surface area (TPSA) is 51.0 Å². The average Bonchev–Trinajstić information content (AvgIpc) is 2.85. The van der Waals surface area contributed by atoms with Crippen LogP contribution < -0.4 is 5.32 Å². The van der Waals surface area contributed by atoms with Gasteiger partial charge in [0.1, 0.15) is 0 Å². The van der Waals surface area contributed by atoms with Crippen molar-refractivity contribution in [3.8, 4) is 11.6 Å². The number of hydrogen-bond donors (Lipinski definition) is 1. The van der Waals surface area contributed by atoms with Crippen molar-refractivity contribution in [3.05, 3.63) is 34.3 Å². The Kier molecular flexibility index (Phi) is 3.66. The van der Waals surface area contributed by atoms with Crippen molar-refractivity contribution in [1.82, 2.24) is 15.3 Å². The molecule has 2 aromatic heterocycles. The van der Waals surface area contributed by atoms with E-state index in [2.05, 4.69) is 38.1 Å². The van der Waals surface area contributed by atoms with Crippen LogP contribution in [0.15, 0.2) is 27.4 Å². The number of fused-ring (bicyclic) bond motifs is 1. The predicted octanol–water partition coefficient (Wildman–Crippen LogP) is 3.49. The molecule has 4 nitrogen and oxygen atoms in total. The third-order valence-corrected chi connectivity index (χ3v) is 4.08. The van der Waals surface area contributed by atoms with Crippen LogP contribution in [0.2, 0.25) is 0 Å². The lowest BCUT2D eigenvalue weighted by atomic mass is 9.92. The van der Waals surface area contributed by atoms with Gasteiger partial charge in [-0.15, -0.1) is 0 Å². The smallest absolute Gasteiger partial charge is 0.197 e. The summed E-state index contributed by atoms with van der Waals surface area (Å²) in [7, 11) is 0. The molecule has 1 N–H and O–H groups in total. The average molecular weight is 322 g/mol. The molecule has 0 bridgehead atoms. The van der Waals surface area contributed by atoms with E-state index in [0.29, 0.717) is 17.6 Å². The molecule has 0 aromatic carbocycles. The molecule has 0 radical (unpaired) electrons. The van der Waals surface area contributed by atoms with Crippen LogP contribution in [0.4, 0.5) is 0 Å². The maximum atomic E-state index is 5.43. The molecule has 0 saturated carbocycles. The van der Waals surface area contributed by atoms with E-state index in [-0.39, 0.29) is 0 Å². The maximum absolute atomic E-state index is 5.43. The number of aromatic nitrogens is 2. The second-order valence-electron chi connectivity index (χ2n) is 4.70. The van der Waals surface area contributed by atoms with E-state index in [1.807, 2.05) is 12.3 Å². The lowest BCUT2D eigenvalue weighted by Crippen LogP contribution is -2.25. The predicted molar refractivity (Wildman–Crippen MR) is 76.8 cm³/mol. The highest BCUT2D eigenvalue weighted by Crippen LogP contribution is 2.31. The molecule has 0 amide bonds. The molecule has 1 unspecified atom stereocenters. The highest BCUT2D eigenvalue weighted by atomic mass is 79.9. The molecule has 0 fully saturated rings. The van der Waals surface area contributed by atoms with Gasteiger partial charge in [-0.2, -0.15) is 0 Å². The third-order valence-electron chi connectivity index (χ3n) is 3.45. The number of nitrogens with zero attached hydrogens (tertiary/aromatic N) is 2. The van der Waals surface area contributed by atoms with Crippen molar-refractivity contribution >= 4 is 15.9 Å². The number of halogens is 1. The molecule has 0 saturated heterocycles. The fraction of sp³-hybridized carbons (Fsp3) is 0.429. The zero-order chi connectivity index (χ0) is 13.2. The first-order valence-electron chi connectivity index (χ1n) is 6.62. The highest BCUT2D eigenvalue weighted by Gasteiger charge is 2.22. The number of hydrogen-bond acceptors (Lipinski definition) is 4. The van der Waals surface area contributed by atoms with E-state index in [0.717, 1.165) is 29.6 Å². The quantitative estimate of drug-likeness (QED) is 0.940. The molecule has 2 aromatic rings. The zero-order valence-corrected chi connectivity index (χ0v) is 12.4. The summed E-state index contributed by atoms with van der Waals surface area (Å²) in [5.74, 6) is 1.36. The van der Waals surface area contributed by atoms with Crippen LogP contribution in [0, 0.1) is 0 Å².